The third-order valence-electron chi connectivity index (χ3n) is 4.44. The maximum absolute atomic E-state index is 12.4. The van der Waals surface area contributed by atoms with E-state index in [1.807, 2.05) is 44.2 Å². The van der Waals surface area contributed by atoms with Gasteiger partial charge in [-0.05, 0) is 43.7 Å². The Morgan fingerprint density at radius 1 is 1.20 bits per heavy atom. The molecule has 0 aliphatic carbocycles. The van der Waals surface area contributed by atoms with Crippen molar-refractivity contribution in [2.75, 3.05) is 23.7 Å². The van der Waals surface area contributed by atoms with Crippen molar-refractivity contribution in [3.8, 4) is 0 Å². The van der Waals surface area contributed by atoms with Crippen molar-refractivity contribution in [1.82, 2.24) is 15.2 Å². The molecule has 1 spiro atoms. The normalized spacial score (nSPS) is 17.2. The lowest BCUT2D eigenvalue weighted by Crippen LogP contribution is -2.76. The highest BCUT2D eigenvalue weighted by atomic mass is 16.2. The quantitative estimate of drug-likeness (QED) is 0.744. The zero-order valence-corrected chi connectivity index (χ0v) is 14.1. The van der Waals surface area contributed by atoms with Gasteiger partial charge < -0.3 is 15.5 Å². The number of aromatic nitrogens is 1. The number of rotatable bonds is 1. The Morgan fingerprint density at radius 2 is 1.96 bits per heavy atom. The van der Waals surface area contributed by atoms with Gasteiger partial charge in [-0.3, -0.25) is 10.1 Å². The van der Waals surface area contributed by atoms with Gasteiger partial charge in [0, 0.05) is 11.4 Å². The molecule has 0 saturated carbocycles. The standard InChI is InChI=1S/C18H19N5O2/c1-11-7-12(2)19-15(8-11)20-17(25)23-9-18(10-23)21-14-6-4-3-5-13(14)16(24)22-18/h3-8,21H,9-10H2,1-2H3,(H,22,24)(H,19,20,25). The van der Waals surface area contributed by atoms with Crippen LogP contribution in [0.2, 0.25) is 0 Å². The predicted molar refractivity (Wildman–Crippen MR) is 94.6 cm³/mol. The number of benzene rings is 1. The lowest BCUT2D eigenvalue weighted by Gasteiger charge is -2.52. The molecule has 0 atom stereocenters. The largest absolute Gasteiger partial charge is 0.359 e. The summed E-state index contributed by atoms with van der Waals surface area (Å²) in [6.07, 6.45) is 0. The number of nitrogens with one attached hydrogen (secondary N) is 3. The molecule has 1 aromatic heterocycles. The van der Waals surface area contributed by atoms with E-state index in [1.54, 1.807) is 11.0 Å². The Hall–Kier alpha value is -3.09. The number of pyridine rings is 1. The van der Waals surface area contributed by atoms with Crippen LogP contribution in [0.1, 0.15) is 21.6 Å². The first-order valence-corrected chi connectivity index (χ1v) is 8.15. The SMILES string of the molecule is Cc1cc(C)nc(NC(=O)N2CC3(C2)NC(=O)c2ccccc2N3)c1. The highest BCUT2D eigenvalue weighted by Crippen LogP contribution is 2.30. The summed E-state index contributed by atoms with van der Waals surface area (Å²) < 4.78 is 0. The maximum Gasteiger partial charge on any atom is 0.323 e. The molecule has 2 aromatic rings. The number of carbonyl (C=O) groups is 2. The van der Waals surface area contributed by atoms with Crippen molar-refractivity contribution < 1.29 is 9.59 Å². The van der Waals surface area contributed by atoms with E-state index < -0.39 is 5.66 Å². The number of fused-ring (bicyclic) bond motifs is 1. The van der Waals surface area contributed by atoms with Crippen LogP contribution in [0.3, 0.4) is 0 Å². The van der Waals surface area contributed by atoms with Gasteiger partial charge in [0.05, 0.1) is 18.7 Å². The minimum atomic E-state index is -0.598. The van der Waals surface area contributed by atoms with Crippen molar-refractivity contribution in [2.24, 2.45) is 0 Å². The second-order valence-corrected chi connectivity index (χ2v) is 6.66. The van der Waals surface area contributed by atoms with E-state index in [1.165, 1.54) is 0 Å². The summed E-state index contributed by atoms with van der Waals surface area (Å²) in [4.78, 5) is 30.6. The van der Waals surface area contributed by atoms with Crippen LogP contribution in [-0.4, -0.2) is 40.6 Å². The van der Waals surface area contributed by atoms with E-state index in [-0.39, 0.29) is 11.9 Å². The van der Waals surface area contributed by atoms with Gasteiger partial charge in [-0.2, -0.15) is 0 Å². The van der Waals surface area contributed by atoms with Crippen molar-refractivity contribution in [3.05, 3.63) is 53.2 Å². The monoisotopic (exact) mass is 337 g/mol. The highest BCUT2D eigenvalue weighted by Gasteiger charge is 2.49. The van der Waals surface area contributed by atoms with E-state index >= 15 is 0 Å². The molecule has 2 aliphatic rings. The minimum absolute atomic E-state index is 0.120. The fourth-order valence-electron chi connectivity index (χ4n) is 3.36. The summed E-state index contributed by atoms with van der Waals surface area (Å²) in [6.45, 7) is 4.63. The van der Waals surface area contributed by atoms with Gasteiger partial charge in [0.15, 0.2) is 0 Å². The maximum atomic E-state index is 12.4. The molecule has 0 bridgehead atoms. The summed E-state index contributed by atoms with van der Waals surface area (Å²) in [6, 6.07) is 10.9. The van der Waals surface area contributed by atoms with Crippen LogP contribution in [0.15, 0.2) is 36.4 Å². The third-order valence-corrected chi connectivity index (χ3v) is 4.44. The Morgan fingerprint density at radius 3 is 2.72 bits per heavy atom. The highest BCUT2D eigenvalue weighted by molar-refractivity contribution is 6.02. The van der Waals surface area contributed by atoms with Crippen LogP contribution in [0.5, 0.6) is 0 Å². The van der Waals surface area contributed by atoms with Crippen LogP contribution in [0, 0.1) is 13.8 Å². The van der Waals surface area contributed by atoms with Gasteiger partial charge in [-0.25, -0.2) is 9.78 Å². The summed E-state index contributed by atoms with van der Waals surface area (Å²) in [7, 11) is 0. The molecular formula is C18H19N5O2. The van der Waals surface area contributed by atoms with Crippen LogP contribution >= 0.6 is 0 Å². The Balaban J connectivity index is 1.43. The number of hydrogen-bond donors (Lipinski definition) is 3. The predicted octanol–water partition coefficient (Wildman–Crippen LogP) is 2.10. The molecule has 7 heteroatoms. The first-order valence-electron chi connectivity index (χ1n) is 8.15. The number of carbonyl (C=O) groups excluding carboxylic acids is 2. The van der Waals surface area contributed by atoms with Gasteiger partial charge in [-0.1, -0.05) is 12.1 Å². The minimum Gasteiger partial charge on any atom is -0.359 e. The number of urea groups is 1. The summed E-state index contributed by atoms with van der Waals surface area (Å²) >= 11 is 0. The molecule has 3 amide bonds. The molecule has 4 rings (SSSR count). The molecule has 128 valence electrons. The Bertz CT molecular complexity index is 853. The number of para-hydroxylation sites is 1. The molecule has 7 nitrogen and oxygen atoms in total. The fourth-order valence-corrected chi connectivity index (χ4v) is 3.36. The van der Waals surface area contributed by atoms with Crippen molar-refractivity contribution in [2.45, 2.75) is 19.5 Å². The molecule has 0 radical (unpaired) electrons. The molecule has 1 aromatic carbocycles. The number of anilines is 2. The average molecular weight is 337 g/mol. The second-order valence-electron chi connectivity index (χ2n) is 6.66. The Kier molecular flexibility index (Phi) is 3.38. The van der Waals surface area contributed by atoms with Crippen LogP contribution in [-0.2, 0) is 0 Å². The van der Waals surface area contributed by atoms with Crippen molar-refractivity contribution in [1.29, 1.82) is 0 Å². The van der Waals surface area contributed by atoms with E-state index in [0.717, 1.165) is 16.9 Å². The lowest BCUT2D eigenvalue weighted by atomic mass is 9.95. The number of aryl methyl sites for hydroxylation is 2. The zero-order valence-electron chi connectivity index (χ0n) is 14.1. The molecule has 1 saturated heterocycles. The summed E-state index contributed by atoms with van der Waals surface area (Å²) in [5.41, 5.74) is 2.71. The topological polar surface area (TPSA) is 86.4 Å². The number of amides is 3. The summed E-state index contributed by atoms with van der Waals surface area (Å²) in [5.74, 6) is 0.416. The molecule has 25 heavy (non-hydrogen) atoms. The molecule has 0 unspecified atom stereocenters. The van der Waals surface area contributed by atoms with Gasteiger partial charge in [-0.15, -0.1) is 0 Å². The van der Waals surface area contributed by atoms with E-state index in [4.69, 9.17) is 0 Å². The molecular weight excluding hydrogens is 318 g/mol. The number of hydrogen-bond acceptors (Lipinski definition) is 4. The van der Waals surface area contributed by atoms with E-state index in [9.17, 15) is 9.59 Å². The van der Waals surface area contributed by atoms with Crippen molar-refractivity contribution >= 4 is 23.4 Å². The van der Waals surface area contributed by atoms with Crippen molar-refractivity contribution in [3.63, 3.8) is 0 Å². The Labute approximate surface area is 145 Å². The summed E-state index contributed by atoms with van der Waals surface area (Å²) in [5, 5.41) is 9.12. The van der Waals surface area contributed by atoms with E-state index in [0.29, 0.717) is 24.5 Å². The van der Waals surface area contributed by atoms with Gasteiger partial charge in [0.25, 0.3) is 5.91 Å². The first-order chi connectivity index (χ1) is 11.9. The lowest BCUT2D eigenvalue weighted by molar-refractivity contribution is 0.0667. The smallest absolute Gasteiger partial charge is 0.323 e. The van der Waals surface area contributed by atoms with E-state index in [2.05, 4.69) is 20.9 Å². The molecule has 3 heterocycles. The number of nitrogens with zero attached hydrogens (tertiary/aromatic N) is 2. The third kappa shape index (κ3) is 2.77. The molecule has 1 fully saturated rings. The molecule has 3 N–H and O–H groups in total. The fraction of sp³-hybridized carbons (Fsp3) is 0.278. The van der Waals surface area contributed by atoms with Gasteiger partial charge in [0.2, 0.25) is 0 Å². The van der Waals surface area contributed by atoms with Crippen LogP contribution < -0.4 is 16.0 Å². The van der Waals surface area contributed by atoms with Crippen LogP contribution in [0.4, 0.5) is 16.3 Å². The number of likely N-dealkylation sites (tertiary alicyclic amines) is 1. The van der Waals surface area contributed by atoms with Gasteiger partial charge >= 0.3 is 6.03 Å². The zero-order chi connectivity index (χ0) is 17.6. The molecule has 2 aliphatic heterocycles. The van der Waals surface area contributed by atoms with Crippen LogP contribution in [0.25, 0.3) is 0 Å². The van der Waals surface area contributed by atoms with Gasteiger partial charge in [0.1, 0.15) is 11.5 Å². The first kappa shape index (κ1) is 15.4. The average Bonchev–Trinajstić information content (AvgIpc) is 2.51. The second kappa shape index (κ2) is 5.47.